The van der Waals surface area contributed by atoms with Crippen LogP contribution in [-0.4, -0.2) is 16.2 Å². The number of hydrogen-bond donors (Lipinski definition) is 2. The van der Waals surface area contributed by atoms with Crippen LogP contribution in [0.25, 0.3) is 32.7 Å². The van der Waals surface area contributed by atoms with Crippen molar-refractivity contribution in [3.05, 3.63) is 102 Å². The Kier molecular flexibility index (Phi) is 4.89. The van der Waals surface area contributed by atoms with Crippen LogP contribution >= 0.6 is 0 Å². The molecule has 0 saturated carbocycles. The van der Waals surface area contributed by atoms with Gasteiger partial charge in [0.2, 0.25) is 0 Å². The summed E-state index contributed by atoms with van der Waals surface area (Å²) in [6.07, 6.45) is 0. The number of carbonyl (C=O) groups excluding carboxylic acids is 1. The van der Waals surface area contributed by atoms with Gasteiger partial charge < -0.3 is 14.9 Å². The van der Waals surface area contributed by atoms with Crippen LogP contribution in [0.2, 0.25) is 0 Å². The molecule has 0 aromatic heterocycles. The number of nitriles is 1. The molecule has 5 aromatic rings. The Morgan fingerprint density at radius 3 is 1.97 bits per heavy atom. The van der Waals surface area contributed by atoms with Crippen molar-refractivity contribution in [3.8, 4) is 34.4 Å². The smallest absolute Gasteiger partial charge is 0.344 e. The van der Waals surface area contributed by atoms with Crippen LogP contribution < -0.4 is 4.74 Å². The molecule has 5 heteroatoms. The van der Waals surface area contributed by atoms with Crippen molar-refractivity contribution in [2.75, 3.05) is 0 Å². The molecular weight excluding hydrogens is 414 g/mol. The SMILES string of the molecule is N#Cc1ccc(-c2ccc(O)c3ccccc23)c(C(=O)Oc2ccc(O)c3ccccc23)c1. The monoisotopic (exact) mass is 431 g/mol. The van der Waals surface area contributed by atoms with Crippen molar-refractivity contribution in [2.24, 2.45) is 0 Å². The van der Waals surface area contributed by atoms with Gasteiger partial charge in [-0.05, 0) is 46.8 Å². The topological polar surface area (TPSA) is 90.5 Å². The highest BCUT2D eigenvalue weighted by molar-refractivity contribution is 6.07. The summed E-state index contributed by atoms with van der Waals surface area (Å²) in [6.45, 7) is 0. The van der Waals surface area contributed by atoms with E-state index in [1.54, 1.807) is 60.7 Å². The Hall–Kier alpha value is -4.82. The molecule has 0 spiro atoms. The average Bonchev–Trinajstić information content (AvgIpc) is 2.86. The van der Waals surface area contributed by atoms with Crippen LogP contribution in [0.3, 0.4) is 0 Å². The van der Waals surface area contributed by atoms with Crippen LogP contribution in [0.1, 0.15) is 15.9 Å². The second kappa shape index (κ2) is 8.03. The highest BCUT2D eigenvalue weighted by Gasteiger charge is 2.19. The fraction of sp³-hybridized carbons (Fsp3) is 0. The zero-order valence-electron chi connectivity index (χ0n) is 17.3. The second-order valence-electron chi connectivity index (χ2n) is 7.57. The molecule has 0 saturated heterocycles. The van der Waals surface area contributed by atoms with E-state index >= 15 is 0 Å². The van der Waals surface area contributed by atoms with Gasteiger partial charge in [0.1, 0.15) is 17.2 Å². The predicted octanol–water partition coefficient (Wildman–Crippen LogP) is 6.16. The fourth-order valence-electron chi connectivity index (χ4n) is 4.03. The molecule has 0 atom stereocenters. The third-order valence-electron chi connectivity index (χ3n) is 5.62. The third kappa shape index (κ3) is 3.50. The minimum absolute atomic E-state index is 0.0909. The number of carbonyl (C=O) groups is 1. The van der Waals surface area contributed by atoms with E-state index < -0.39 is 5.97 Å². The summed E-state index contributed by atoms with van der Waals surface area (Å²) < 4.78 is 5.76. The van der Waals surface area contributed by atoms with Gasteiger partial charge in [0, 0.05) is 16.2 Å². The molecule has 0 bridgehead atoms. The molecule has 2 N–H and O–H groups in total. The summed E-state index contributed by atoms with van der Waals surface area (Å²) in [5, 5.41) is 32.4. The quantitative estimate of drug-likeness (QED) is 0.264. The van der Waals surface area contributed by atoms with Crippen LogP contribution in [0, 0.1) is 11.3 Å². The molecule has 0 amide bonds. The van der Waals surface area contributed by atoms with Gasteiger partial charge in [-0.15, -0.1) is 0 Å². The van der Waals surface area contributed by atoms with E-state index in [0.29, 0.717) is 33.0 Å². The average molecular weight is 431 g/mol. The molecule has 5 rings (SSSR count). The largest absolute Gasteiger partial charge is 0.507 e. The number of fused-ring (bicyclic) bond motifs is 2. The number of aromatic hydroxyl groups is 2. The molecule has 33 heavy (non-hydrogen) atoms. The summed E-state index contributed by atoms with van der Waals surface area (Å²) in [7, 11) is 0. The van der Waals surface area contributed by atoms with Crippen LogP contribution in [-0.2, 0) is 0 Å². The maximum atomic E-state index is 13.4. The van der Waals surface area contributed by atoms with Gasteiger partial charge in [-0.2, -0.15) is 5.26 Å². The molecule has 5 nitrogen and oxygen atoms in total. The number of phenolic OH excluding ortho intramolecular Hbond substituents is 2. The lowest BCUT2D eigenvalue weighted by Crippen LogP contribution is -2.11. The van der Waals surface area contributed by atoms with Crippen molar-refractivity contribution in [1.82, 2.24) is 0 Å². The lowest BCUT2D eigenvalue weighted by atomic mass is 9.93. The van der Waals surface area contributed by atoms with E-state index in [1.165, 1.54) is 12.1 Å². The van der Waals surface area contributed by atoms with Crippen molar-refractivity contribution in [2.45, 2.75) is 0 Å². The predicted molar refractivity (Wildman–Crippen MR) is 126 cm³/mol. The lowest BCUT2D eigenvalue weighted by molar-refractivity contribution is 0.0738. The number of ether oxygens (including phenoxy) is 1. The lowest BCUT2D eigenvalue weighted by Gasteiger charge is -2.14. The van der Waals surface area contributed by atoms with Crippen molar-refractivity contribution in [1.29, 1.82) is 5.26 Å². The number of phenols is 2. The number of rotatable bonds is 3. The zero-order chi connectivity index (χ0) is 22.9. The Morgan fingerprint density at radius 1 is 0.697 bits per heavy atom. The fourth-order valence-corrected chi connectivity index (χ4v) is 4.03. The maximum Gasteiger partial charge on any atom is 0.344 e. The minimum Gasteiger partial charge on any atom is -0.507 e. The number of benzene rings is 5. The molecule has 0 unspecified atom stereocenters. The molecule has 0 aliphatic carbocycles. The second-order valence-corrected chi connectivity index (χ2v) is 7.57. The summed E-state index contributed by atoms with van der Waals surface area (Å²) in [5.74, 6) is -0.0943. The third-order valence-corrected chi connectivity index (χ3v) is 5.62. The first-order valence-corrected chi connectivity index (χ1v) is 10.2. The van der Waals surface area contributed by atoms with E-state index in [9.17, 15) is 20.3 Å². The molecular formula is C28H17NO4. The standard InChI is InChI=1S/C28H17NO4/c29-16-17-9-10-20(19-11-12-25(30)21-6-2-1-5-18(19)21)24(15-17)28(32)33-27-14-13-26(31)22-7-3-4-8-23(22)27/h1-15,30-31H. The minimum atomic E-state index is -0.630. The Morgan fingerprint density at radius 2 is 1.27 bits per heavy atom. The molecule has 0 aliphatic heterocycles. The van der Waals surface area contributed by atoms with E-state index in [2.05, 4.69) is 6.07 Å². The van der Waals surface area contributed by atoms with Gasteiger partial charge in [-0.3, -0.25) is 0 Å². The highest BCUT2D eigenvalue weighted by atomic mass is 16.5. The van der Waals surface area contributed by atoms with Gasteiger partial charge in [0.25, 0.3) is 0 Å². The van der Waals surface area contributed by atoms with Gasteiger partial charge in [-0.25, -0.2) is 4.79 Å². The number of esters is 1. The number of hydrogen-bond acceptors (Lipinski definition) is 5. The molecule has 0 heterocycles. The van der Waals surface area contributed by atoms with Gasteiger partial charge >= 0.3 is 5.97 Å². The molecule has 158 valence electrons. The van der Waals surface area contributed by atoms with E-state index in [0.717, 1.165) is 10.9 Å². The Balaban J connectivity index is 1.66. The molecule has 0 aliphatic rings. The van der Waals surface area contributed by atoms with Gasteiger partial charge in [0.15, 0.2) is 0 Å². The van der Waals surface area contributed by atoms with Crippen LogP contribution in [0.15, 0.2) is 91.0 Å². The van der Waals surface area contributed by atoms with Crippen molar-refractivity contribution >= 4 is 27.5 Å². The normalized spacial score (nSPS) is 10.8. The van der Waals surface area contributed by atoms with E-state index in [-0.39, 0.29) is 17.1 Å². The summed E-state index contributed by atoms with van der Waals surface area (Å²) >= 11 is 0. The first kappa shape index (κ1) is 20.1. The molecule has 0 fully saturated rings. The Labute approximate surface area is 189 Å². The van der Waals surface area contributed by atoms with E-state index in [1.807, 2.05) is 18.2 Å². The van der Waals surface area contributed by atoms with E-state index in [4.69, 9.17) is 4.74 Å². The first-order chi connectivity index (χ1) is 16.1. The number of nitrogens with zero attached hydrogens (tertiary/aromatic N) is 1. The van der Waals surface area contributed by atoms with Gasteiger partial charge in [0.05, 0.1) is 17.2 Å². The summed E-state index contributed by atoms with van der Waals surface area (Å²) in [5.41, 5.74) is 1.86. The zero-order valence-corrected chi connectivity index (χ0v) is 17.3. The van der Waals surface area contributed by atoms with Crippen LogP contribution in [0.4, 0.5) is 0 Å². The van der Waals surface area contributed by atoms with Crippen LogP contribution in [0.5, 0.6) is 17.2 Å². The molecule has 5 aromatic carbocycles. The maximum absolute atomic E-state index is 13.4. The highest BCUT2D eigenvalue weighted by Crippen LogP contribution is 2.37. The van der Waals surface area contributed by atoms with Crippen molar-refractivity contribution in [3.63, 3.8) is 0 Å². The summed E-state index contributed by atoms with van der Waals surface area (Å²) in [6, 6.07) is 27.7. The Bertz CT molecular complexity index is 1600. The molecule has 0 radical (unpaired) electrons. The van der Waals surface area contributed by atoms with Crippen molar-refractivity contribution < 1.29 is 19.7 Å². The summed E-state index contributed by atoms with van der Waals surface area (Å²) in [4.78, 5) is 13.4. The van der Waals surface area contributed by atoms with Gasteiger partial charge in [-0.1, -0.05) is 60.7 Å². The first-order valence-electron chi connectivity index (χ1n) is 10.2.